The minimum atomic E-state index is -0.917. The topological polar surface area (TPSA) is 86.7 Å². The first kappa shape index (κ1) is 15.7. The minimum absolute atomic E-state index is 0.0174. The summed E-state index contributed by atoms with van der Waals surface area (Å²) in [4.78, 5) is 34.7. The zero-order chi connectivity index (χ0) is 15.1. The van der Waals surface area contributed by atoms with E-state index in [1.54, 1.807) is 31.3 Å². The Labute approximate surface area is 117 Å². The molecule has 0 aliphatic heterocycles. The fourth-order valence-corrected chi connectivity index (χ4v) is 1.64. The number of aliphatic carboxylic acids is 1. The number of hydrogen-bond acceptors (Lipinski definition) is 3. The molecule has 20 heavy (non-hydrogen) atoms. The molecule has 0 fully saturated rings. The van der Waals surface area contributed by atoms with Crippen LogP contribution in [0.25, 0.3) is 0 Å². The van der Waals surface area contributed by atoms with Crippen molar-refractivity contribution in [1.82, 2.24) is 10.2 Å². The smallest absolute Gasteiger partial charge is 0.307 e. The van der Waals surface area contributed by atoms with Crippen LogP contribution in [0.5, 0.6) is 0 Å². The van der Waals surface area contributed by atoms with Gasteiger partial charge in [0, 0.05) is 20.5 Å². The lowest BCUT2D eigenvalue weighted by Crippen LogP contribution is -2.37. The highest BCUT2D eigenvalue weighted by Gasteiger charge is 2.10. The molecule has 6 heteroatoms. The van der Waals surface area contributed by atoms with Crippen molar-refractivity contribution in [2.45, 2.75) is 19.9 Å². The SMILES string of the molecule is CC(=O)N(C)CC(=O)NCc1ccccc1CC(=O)O. The summed E-state index contributed by atoms with van der Waals surface area (Å²) < 4.78 is 0. The molecule has 0 aliphatic carbocycles. The van der Waals surface area contributed by atoms with E-state index in [1.165, 1.54) is 11.8 Å². The van der Waals surface area contributed by atoms with Crippen molar-refractivity contribution in [2.24, 2.45) is 0 Å². The van der Waals surface area contributed by atoms with E-state index in [9.17, 15) is 14.4 Å². The quantitative estimate of drug-likeness (QED) is 0.789. The van der Waals surface area contributed by atoms with E-state index < -0.39 is 5.97 Å². The molecule has 0 saturated carbocycles. The van der Waals surface area contributed by atoms with Gasteiger partial charge in [-0.1, -0.05) is 24.3 Å². The number of carboxylic acids is 1. The van der Waals surface area contributed by atoms with Gasteiger partial charge in [0.1, 0.15) is 0 Å². The standard InChI is InChI=1S/C14H18N2O4/c1-10(17)16(2)9-13(18)15-8-12-6-4-3-5-11(12)7-14(19)20/h3-6H,7-9H2,1-2H3,(H,15,18)(H,19,20). The first-order chi connectivity index (χ1) is 9.40. The summed E-state index contributed by atoms with van der Waals surface area (Å²) >= 11 is 0. The molecule has 2 amide bonds. The van der Waals surface area contributed by atoms with Crippen LogP contribution in [-0.4, -0.2) is 41.4 Å². The second kappa shape index (κ2) is 7.28. The normalized spacial score (nSPS) is 9.90. The van der Waals surface area contributed by atoms with Crippen LogP contribution in [0, 0.1) is 0 Å². The Morgan fingerprint density at radius 3 is 2.35 bits per heavy atom. The molecule has 1 aromatic carbocycles. The van der Waals surface area contributed by atoms with Crippen LogP contribution in [0.3, 0.4) is 0 Å². The molecule has 6 nitrogen and oxygen atoms in total. The van der Waals surface area contributed by atoms with Crippen LogP contribution < -0.4 is 5.32 Å². The van der Waals surface area contributed by atoms with E-state index in [4.69, 9.17) is 5.11 Å². The number of hydrogen-bond donors (Lipinski definition) is 2. The van der Waals surface area contributed by atoms with Crippen molar-refractivity contribution in [1.29, 1.82) is 0 Å². The molecule has 0 heterocycles. The molecule has 0 spiro atoms. The summed E-state index contributed by atoms with van der Waals surface area (Å²) in [5, 5.41) is 11.5. The highest BCUT2D eigenvalue weighted by Crippen LogP contribution is 2.09. The zero-order valence-electron chi connectivity index (χ0n) is 11.5. The van der Waals surface area contributed by atoms with Crippen molar-refractivity contribution in [3.8, 4) is 0 Å². The number of amides is 2. The van der Waals surface area contributed by atoms with E-state index >= 15 is 0 Å². The lowest BCUT2D eigenvalue weighted by molar-refractivity contribution is -0.136. The van der Waals surface area contributed by atoms with E-state index in [2.05, 4.69) is 5.32 Å². The van der Waals surface area contributed by atoms with Crippen LogP contribution in [0.4, 0.5) is 0 Å². The molecule has 0 bridgehead atoms. The Morgan fingerprint density at radius 1 is 1.20 bits per heavy atom. The first-order valence-corrected chi connectivity index (χ1v) is 6.17. The fourth-order valence-electron chi connectivity index (χ4n) is 1.64. The molecular weight excluding hydrogens is 260 g/mol. The van der Waals surface area contributed by atoms with Crippen LogP contribution >= 0.6 is 0 Å². The Morgan fingerprint density at radius 2 is 1.80 bits per heavy atom. The number of likely N-dealkylation sites (N-methyl/N-ethyl adjacent to an activating group) is 1. The fraction of sp³-hybridized carbons (Fsp3) is 0.357. The van der Waals surface area contributed by atoms with Crippen LogP contribution in [0.15, 0.2) is 24.3 Å². The average molecular weight is 278 g/mol. The summed E-state index contributed by atoms with van der Waals surface area (Å²) in [6, 6.07) is 7.03. The molecule has 0 aromatic heterocycles. The zero-order valence-corrected chi connectivity index (χ0v) is 11.5. The lowest BCUT2D eigenvalue weighted by atomic mass is 10.0. The van der Waals surface area contributed by atoms with Gasteiger partial charge in [-0.15, -0.1) is 0 Å². The predicted octanol–water partition coefficient (Wildman–Crippen LogP) is 0.408. The summed E-state index contributed by atoms with van der Waals surface area (Å²) in [5.41, 5.74) is 1.42. The Balaban J connectivity index is 2.59. The van der Waals surface area contributed by atoms with Crippen LogP contribution in [0.2, 0.25) is 0 Å². The van der Waals surface area contributed by atoms with E-state index in [0.29, 0.717) is 5.56 Å². The van der Waals surface area contributed by atoms with Crippen molar-refractivity contribution in [3.63, 3.8) is 0 Å². The molecule has 0 atom stereocenters. The van der Waals surface area contributed by atoms with E-state index in [0.717, 1.165) is 5.56 Å². The van der Waals surface area contributed by atoms with Gasteiger partial charge in [0.05, 0.1) is 13.0 Å². The van der Waals surface area contributed by atoms with Gasteiger partial charge in [0.15, 0.2) is 0 Å². The molecule has 1 aromatic rings. The molecule has 2 N–H and O–H groups in total. The predicted molar refractivity (Wildman–Crippen MR) is 72.9 cm³/mol. The van der Waals surface area contributed by atoms with Crippen LogP contribution in [0.1, 0.15) is 18.1 Å². The van der Waals surface area contributed by atoms with Gasteiger partial charge in [-0.3, -0.25) is 14.4 Å². The molecule has 1 rings (SSSR count). The van der Waals surface area contributed by atoms with E-state index in [1.807, 2.05) is 0 Å². The second-order valence-corrected chi connectivity index (χ2v) is 4.49. The number of nitrogens with zero attached hydrogens (tertiary/aromatic N) is 1. The molecule has 108 valence electrons. The number of nitrogens with one attached hydrogen (secondary N) is 1. The van der Waals surface area contributed by atoms with Gasteiger partial charge in [-0.05, 0) is 11.1 Å². The number of carbonyl (C=O) groups excluding carboxylic acids is 2. The summed E-state index contributed by atoms with van der Waals surface area (Å²) in [6.45, 7) is 1.61. The summed E-state index contributed by atoms with van der Waals surface area (Å²) in [5.74, 6) is -1.39. The van der Waals surface area contributed by atoms with Crippen molar-refractivity contribution < 1.29 is 19.5 Å². The number of carbonyl (C=O) groups is 3. The number of carboxylic acid groups (broad SMARTS) is 1. The Kier molecular flexibility index (Phi) is 5.71. The molecule has 0 radical (unpaired) electrons. The third-order valence-electron chi connectivity index (χ3n) is 2.85. The van der Waals surface area contributed by atoms with Crippen molar-refractivity contribution in [3.05, 3.63) is 35.4 Å². The monoisotopic (exact) mass is 278 g/mol. The second-order valence-electron chi connectivity index (χ2n) is 4.49. The highest BCUT2D eigenvalue weighted by atomic mass is 16.4. The van der Waals surface area contributed by atoms with Crippen LogP contribution in [-0.2, 0) is 27.3 Å². The maximum atomic E-state index is 11.6. The largest absolute Gasteiger partial charge is 0.481 e. The molecule has 0 saturated heterocycles. The number of benzene rings is 1. The number of rotatable bonds is 6. The van der Waals surface area contributed by atoms with Gasteiger partial charge in [-0.2, -0.15) is 0 Å². The maximum Gasteiger partial charge on any atom is 0.307 e. The third-order valence-corrected chi connectivity index (χ3v) is 2.85. The summed E-state index contributed by atoms with van der Waals surface area (Å²) in [6.07, 6.45) is -0.0839. The van der Waals surface area contributed by atoms with Gasteiger partial charge in [0.25, 0.3) is 0 Å². The van der Waals surface area contributed by atoms with Crippen molar-refractivity contribution >= 4 is 17.8 Å². The Hall–Kier alpha value is -2.37. The minimum Gasteiger partial charge on any atom is -0.481 e. The van der Waals surface area contributed by atoms with Gasteiger partial charge in [0.2, 0.25) is 11.8 Å². The summed E-state index contributed by atoms with van der Waals surface area (Å²) in [7, 11) is 1.54. The lowest BCUT2D eigenvalue weighted by Gasteiger charge is -2.15. The average Bonchev–Trinajstić information content (AvgIpc) is 2.36. The molecular formula is C14H18N2O4. The third kappa shape index (κ3) is 5.09. The van der Waals surface area contributed by atoms with E-state index in [-0.39, 0.29) is 31.3 Å². The first-order valence-electron chi connectivity index (χ1n) is 6.17. The van der Waals surface area contributed by atoms with Crippen molar-refractivity contribution in [2.75, 3.05) is 13.6 Å². The Bertz CT molecular complexity index is 514. The van der Waals surface area contributed by atoms with Gasteiger partial charge >= 0.3 is 5.97 Å². The molecule has 0 aliphatic rings. The van der Waals surface area contributed by atoms with Gasteiger partial charge in [-0.25, -0.2) is 0 Å². The van der Waals surface area contributed by atoms with Gasteiger partial charge < -0.3 is 15.3 Å². The molecule has 0 unspecified atom stereocenters. The highest BCUT2D eigenvalue weighted by molar-refractivity contribution is 5.83. The maximum absolute atomic E-state index is 11.6.